The van der Waals surface area contributed by atoms with Crippen LogP contribution < -0.4 is 9.64 Å². The number of anilines is 1. The van der Waals surface area contributed by atoms with Crippen molar-refractivity contribution in [3.63, 3.8) is 0 Å². The second kappa shape index (κ2) is 9.34. The second-order valence-corrected chi connectivity index (χ2v) is 10.7. The number of hydrogen-bond acceptors (Lipinski definition) is 6. The van der Waals surface area contributed by atoms with Crippen LogP contribution in [0.5, 0.6) is 5.75 Å². The molecule has 1 aliphatic heterocycles. The van der Waals surface area contributed by atoms with Crippen molar-refractivity contribution in [3.8, 4) is 5.75 Å². The van der Waals surface area contributed by atoms with Crippen molar-refractivity contribution in [2.75, 3.05) is 51.8 Å². The first-order chi connectivity index (χ1) is 13.8. The van der Waals surface area contributed by atoms with Gasteiger partial charge in [0.25, 0.3) is 10.0 Å². The number of thiophene rings is 1. The van der Waals surface area contributed by atoms with Crippen LogP contribution in [0.15, 0.2) is 40.6 Å². The van der Waals surface area contributed by atoms with Crippen LogP contribution in [0.4, 0.5) is 5.69 Å². The van der Waals surface area contributed by atoms with E-state index in [0.29, 0.717) is 24.0 Å². The van der Waals surface area contributed by atoms with Crippen LogP contribution in [-0.4, -0.2) is 70.4 Å². The van der Waals surface area contributed by atoms with Crippen LogP contribution in [0, 0.1) is 0 Å². The molecule has 0 unspecified atom stereocenters. The summed E-state index contributed by atoms with van der Waals surface area (Å²) in [5, 5.41) is 0. The largest absolute Gasteiger partial charge is 0.497 e. The molecule has 2 aromatic rings. The number of carbonyl (C=O) groups is 1. The Labute approximate surface area is 180 Å². The molecule has 0 radical (unpaired) electrons. The van der Waals surface area contributed by atoms with Gasteiger partial charge in [0.15, 0.2) is 0 Å². The van der Waals surface area contributed by atoms with Gasteiger partial charge in [0, 0.05) is 38.9 Å². The molecule has 2 heterocycles. The third-order valence-corrected chi connectivity index (χ3v) is 8.36. The van der Waals surface area contributed by atoms with Crippen LogP contribution in [0.2, 0.25) is 4.34 Å². The lowest BCUT2D eigenvalue weighted by Gasteiger charge is -2.25. The van der Waals surface area contributed by atoms with Crippen LogP contribution in [0.25, 0.3) is 0 Å². The lowest BCUT2D eigenvalue weighted by atomic mass is 10.2. The van der Waals surface area contributed by atoms with E-state index >= 15 is 0 Å². The highest BCUT2D eigenvalue weighted by atomic mass is 35.5. The average molecular weight is 458 g/mol. The number of methoxy groups -OCH3 is 1. The predicted molar refractivity (Wildman–Crippen MR) is 116 cm³/mol. The number of benzene rings is 1. The summed E-state index contributed by atoms with van der Waals surface area (Å²) in [6, 6.07) is 10.8. The summed E-state index contributed by atoms with van der Waals surface area (Å²) in [4.78, 5) is 16.7. The molecule has 1 fully saturated rings. The number of ether oxygens (including phenoxy) is 1. The number of nitrogens with zero attached hydrogens (tertiary/aromatic N) is 3. The summed E-state index contributed by atoms with van der Waals surface area (Å²) in [7, 11) is -0.671. The molecule has 1 amide bonds. The molecule has 0 atom stereocenters. The van der Waals surface area contributed by atoms with Crippen molar-refractivity contribution in [1.29, 1.82) is 0 Å². The Morgan fingerprint density at radius 1 is 1.14 bits per heavy atom. The molecule has 1 aromatic carbocycles. The number of carbonyl (C=O) groups excluding carboxylic acids is 1. The van der Waals surface area contributed by atoms with Gasteiger partial charge in [-0.15, -0.1) is 11.3 Å². The Morgan fingerprint density at radius 2 is 1.86 bits per heavy atom. The Balaban J connectivity index is 1.60. The number of sulfonamides is 1. The van der Waals surface area contributed by atoms with Crippen molar-refractivity contribution in [2.45, 2.75) is 10.6 Å². The van der Waals surface area contributed by atoms with Crippen molar-refractivity contribution in [2.24, 2.45) is 0 Å². The summed E-state index contributed by atoms with van der Waals surface area (Å²) >= 11 is 6.83. The van der Waals surface area contributed by atoms with Crippen molar-refractivity contribution in [3.05, 3.63) is 40.7 Å². The summed E-state index contributed by atoms with van der Waals surface area (Å²) in [5.74, 6) is 0.604. The molecule has 158 valence electrons. The molecule has 10 heteroatoms. The number of halogens is 1. The molecule has 1 aromatic heterocycles. The van der Waals surface area contributed by atoms with E-state index in [1.54, 1.807) is 12.0 Å². The zero-order valence-electron chi connectivity index (χ0n) is 16.4. The summed E-state index contributed by atoms with van der Waals surface area (Å²) in [6.45, 7) is 2.47. The van der Waals surface area contributed by atoms with Crippen LogP contribution in [0.1, 0.15) is 6.42 Å². The molecule has 1 saturated heterocycles. The normalized spacial score (nSPS) is 15.4. The molecule has 3 rings (SSSR count). The maximum Gasteiger partial charge on any atom is 0.252 e. The molecule has 7 nitrogen and oxygen atoms in total. The maximum atomic E-state index is 12.7. The Morgan fingerprint density at radius 3 is 2.48 bits per heavy atom. The molecule has 0 N–H and O–H groups in total. The average Bonchev–Trinajstić information content (AvgIpc) is 3.01. The monoisotopic (exact) mass is 457 g/mol. The van der Waals surface area contributed by atoms with Crippen LogP contribution in [0.3, 0.4) is 0 Å². The zero-order valence-corrected chi connectivity index (χ0v) is 18.8. The highest BCUT2D eigenvalue weighted by Gasteiger charge is 2.27. The van der Waals surface area contributed by atoms with Gasteiger partial charge in [0.2, 0.25) is 5.91 Å². The number of rotatable bonds is 6. The highest BCUT2D eigenvalue weighted by molar-refractivity contribution is 7.91. The van der Waals surface area contributed by atoms with E-state index in [9.17, 15) is 13.2 Å². The SMILES string of the molecule is COc1ccc(N2CCCN(C(=O)CN(C)S(=O)(=O)c3ccc(Cl)s3)CC2)cc1. The van der Waals surface area contributed by atoms with E-state index in [2.05, 4.69) is 4.90 Å². The van der Waals surface area contributed by atoms with Crippen molar-refractivity contribution in [1.82, 2.24) is 9.21 Å². The minimum absolute atomic E-state index is 0.138. The van der Waals surface area contributed by atoms with Gasteiger partial charge in [0.05, 0.1) is 18.0 Å². The molecule has 0 saturated carbocycles. The predicted octanol–water partition coefficient (Wildman–Crippen LogP) is 2.77. The fourth-order valence-corrected chi connectivity index (χ4v) is 6.00. The van der Waals surface area contributed by atoms with Gasteiger partial charge in [-0.05, 0) is 42.8 Å². The lowest BCUT2D eigenvalue weighted by molar-refractivity contribution is -0.131. The van der Waals surface area contributed by atoms with E-state index in [0.717, 1.165) is 40.0 Å². The second-order valence-electron chi connectivity index (χ2n) is 6.74. The first kappa shape index (κ1) is 21.9. The Bertz CT molecular complexity index is 947. The van der Waals surface area contributed by atoms with Gasteiger partial charge in [-0.3, -0.25) is 4.79 Å². The fraction of sp³-hybridized carbons (Fsp3) is 0.421. The van der Waals surface area contributed by atoms with Gasteiger partial charge in [-0.2, -0.15) is 4.31 Å². The van der Waals surface area contributed by atoms with Crippen molar-refractivity contribution < 1.29 is 17.9 Å². The molecule has 29 heavy (non-hydrogen) atoms. The van der Waals surface area contributed by atoms with Gasteiger partial charge in [-0.25, -0.2) is 8.42 Å². The standard InChI is InChI=1S/C19H24ClN3O4S2/c1-21(29(25,26)19-9-8-17(20)28-19)14-18(24)23-11-3-10-22(12-13-23)15-4-6-16(27-2)7-5-15/h4-9H,3,10-14H2,1-2H3. The van der Waals surface area contributed by atoms with Gasteiger partial charge in [0.1, 0.15) is 9.96 Å². The van der Waals surface area contributed by atoms with Crippen molar-refractivity contribution >= 4 is 44.6 Å². The third-order valence-electron chi connectivity index (χ3n) is 4.86. The quantitative estimate of drug-likeness (QED) is 0.667. The molecular formula is C19H24ClN3O4S2. The first-order valence-electron chi connectivity index (χ1n) is 9.19. The molecule has 0 bridgehead atoms. The van der Waals surface area contributed by atoms with E-state index in [1.165, 1.54) is 19.2 Å². The topological polar surface area (TPSA) is 70.2 Å². The molecule has 0 spiro atoms. The summed E-state index contributed by atoms with van der Waals surface area (Å²) in [5.41, 5.74) is 1.08. The Hall–Kier alpha value is -1.81. The molecule has 1 aliphatic rings. The first-order valence-corrected chi connectivity index (χ1v) is 11.8. The number of amides is 1. The number of likely N-dealkylation sites (N-methyl/N-ethyl adjacent to an activating group) is 1. The molecule has 0 aliphatic carbocycles. The maximum absolute atomic E-state index is 12.7. The van der Waals surface area contributed by atoms with Gasteiger partial charge < -0.3 is 14.5 Å². The summed E-state index contributed by atoms with van der Waals surface area (Å²) < 4.78 is 32.0. The number of hydrogen-bond donors (Lipinski definition) is 0. The van der Waals surface area contributed by atoms with E-state index in [1.807, 2.05) is 24.3 Å². The smallest absolute Gasteiger partial charge is 0.252 e. The Kier molecular flexibility index (Phi) is 7.05. The highest BCUT2D eigenvalue weighted by Crippen LogP contribution is 2.27. The fourth-order valence-electron chi connectivity index (χ4n) is 3.18. The van der Waals surface area contributed by atoms with E-state index in [4.69, 9.17) is 16.3 Å². The zero-order chi connectivity index (χ0) is 21.0. The van der Waals surface area contributed by atoms with Crippen LogP contribution in [-0.2, 0) is 14.8 Å². The lowest BCUT2D eigenvalue weighted by Crippen LogP contribution is -2.42. The minimum atomic E-state index is -3.72. The third kappa shape index (κ3) is 5.22. The van der Waals surface area contributed by atoms with Gasteiger partial charge >= 0.3 is 0 Å². The van der Waals surface area contributed by atoms with Crippen LogP contribution >= 0.6 is 22.9 Å². The minimum Gasteiger partial charge on any atom is -0.497 e. The molecular weight excluding hydrogens is 434 g/mol. The van der Waals surface area contributed by atoms with E-state index < -0.39 is 10.0 Å². The van der Waals surface area contributed by atoms with Gasteiger partial charge in [-0.1, -0.05) is 11.6 Å². The van der Waals surface area contributed by atoms with E-state index in [-0.39, 0.29) is 16.7 Å². The summed E-state index contributed by atoms with van der Waals surface area (Å²) in [6.07, 6.45) is 0.814.